The zero-order chi connectivity index (χ0) is 19.3. The van der Waals surface area contributed by atoms with E-state index in [1.807, 2.05) is 0 Å². The molecule has 1 aliphatic carbocycles. The molecule has 1 saturated heterocycles. The number of anilines is 1. The van der Waals surface area contributed by atoms with Gasteiger partial charge in [-0.15, -0.1) is 11.3 Å². The van der Waals surface area contributed by atoms with Crippen molar-refractivity contribution in [2.75, 3.05) is 37.3 Å². The number of aryl methyl sites for hydroxylation is 1. The highest BCUT2D eigenvalue weighted by Crippen LogP contribution is 2.43. The summed E-state index contributed by atoms with van der Waals surface area (Å²) in [5.41, 5.74) is 5.48. The van der Waals surface area contributed by atoms with E-state index in [0.717, 1.165) is 60.3 Å². The molecule has 1 aliphatic heterocycles. The molecule has 0 unspecified atom stereocenters. The molecular formula is C21H27N5S2. The minimum atomic E-state index is 0.628. The molecule has 0 aromatic carbocycles. The van der Waals surface area contributed by atoms with Crippen LogP contribution in [-0.4, -0.2) is 47.4 Å². The first kappa shape index (κ1) is 18.6. The zero-order valence-electron chi connectivity index (χ0n) is 16.8. The van der Waals surface area contributed by atoms with Crippen LogP contribution in [0.3, 0.4) is 0 Å². The van der Waals surface area contributed by atoms with Crippen molar-refractivity contribution in [3.8, 4) is 0 Å². The highest BCUT2D eigenvalue weighted by atomic mass is 32.2. The molecule has 1 fully saturated rings. The molecule has 4 heterocycles. The molecule has 0 amide bonds. The lowest BCUT2D eigenvalue weighted by Gasteiger charge is -2.28. The molecule has 0 bridgehead atoms. The zero-order valence-corrected chi connectivity index (χ0v) is 18.5. The molecule has 2 aliphatic rings. The van der Waals surface area contributed by atoms with Gasteiger partial charge in [0.05, 0.1) is 10.2 Å². The van der Waals surface area contributed by atoms with Crippen LogP contribution in [0, 0.1) is 5.92 Å². The summed E-state index contributed by atoms with van der Waals surface area (Å²) >= 11 is 3.44. The van der Waals surface area contributed by atoms with Crippen LogP contribution < -0.4 is 10.2 Å². The Morgan fingerprint density at radius 1 is 1.11 bits per heavy atom. The number of hydrogen-bond acceptors (Lipinski definition) is 7. The van der Waals surface area contributed by atoms with Gasteiger partial charge in [-0.2, -0.15) is 0 Å². The van der Waals surface area contributed by atoms with Gasteiger partial charge in [0, 0.05) is 37.3 Å². The van der Waals surface area contributed by atoms with Crippen molar-refractivity contribution in [3.63, 3.8) is 0 Å². The molecule has 28 heavy (non-hydrogen) atoms. The van der Waals surface area contributed by atoms with E-state index in [1.54, 1.807) is 23.1 Å². The number of pyridine rings is 1. The Bertz CT molecular complexity index is 1040. The molecule has 0 spiro atoms. The smallest absolute Gasteiger partial charge is 0.189 e. The van der Waals surface area contributed by atoms with Crippen molar-refractivity contribution in [2.45, 2.75) is 44.7 Å². The lowest BCUT2D eigenvalue weighted by molar-refractivity contribution is 0.584. The van der Waals surface area contributed by atoms with E-state index in [2.05, 4.69) is 30.3 Å². The highest BCUT2D eigenvalue weighted by molar-refractivity contribution is 7.98. The molecular weight excluding hydrogens is 386 g/mol. The van der Waals surface area contributed by atoms with Gasteiger partial charge >= 0.3 is 0 Å². The number of hydrogen-bond donors (Lipinski definition) is 1. The fourth-order valence-electron chi connectivity index (χ4n) is 4.55. The second-order valence-corrected chi connectivity index (χ2v) is 9.97. The third kappa shape index (κ3) is 3.08. The van der Waals surface area contributed by atoms with Crippen LogP contribution in [0.4, 0.5) is 5.82 Å². The Labute approximate surface area is 174 Å². The summed E-state index contributed by atoms with van der Waals surface area (Å²) in [7, 11) is 0. The number of fused-ring (bicyclic) bond motifs is 5. The van der Waals surface area contributed by atoms with Gasteiger partial charge < -0.3 is 10.2 Å². The van der Waals surface area contributed by atoms with Crippen LogP contribution in [0.15, 0.2) is 5.16 Å². The van der Waals surface area contributed by atoms with Crippen LogP contribution in [0.1, 0.15) is 37.1 Å². The molecule has 0 saturated carbocycles. The van der Waals surface area contributed by atoms with E-state index in [9.17, 15) is 0 Å². The van der Waals surface area contributed by atoms with E-state index < -0.39 is 0 Å². The van der Waals surface area contributed by atoms with E-state index in [4.69, 9.17) is 15.0 Å². The molecule has 7 heteroatoms. The average molecular weight is 414 g/mol. The highest BCUT2D eigenvalue weighted by Gasteiger charge is 2.26. The lowest BCUT2D eigenvalue weighted by Crippen LogP contribution is -2.44. The van der Waals surface area contributed by atoms with E-state index >= 15 is 0 Å². The van der Waals surface area contributed by atoms with E-state index in [1.165, 1.54) is 39.7 Å². The molecule has 1 N–H and O–H groups in total. The fraction of sp³-hybridized carbons (Fsp3) is 0.571. The third-order valence-corrected chi connectivity index (χ3v) is 7.40. The maximum absolute atomic E-state index is 5.18. The van der Waals surface area contributed by atoms with Crippen molar-refractivity contribution < 1.29 is 0 Å². The first-order valence-electron chi connectivity index (χ1n) is 10.3. The molecule has 5 rings (SSSR count). The van der Waals surface area contributed by atoms with Crippen molar-refractivity contribution >= 4 is 49.3 Å². The van der Waals surface area contributed by atoms with Crippen molar-refractivity contribution in [3.05, 3.63) is 16.8 Å². The van der Waals surface area contributed by atoms with Gasteiger partial charge in [0.1, 0.15) is 4.83 Å². The van der Waals surface area contributed by atoms with Gasteiger partial charge in [0.15, 0.2) is 11.0 Å². The van der Waals surface area contributed by atoms with Gasteiger partial charge in [-0.25, -0.2) is 15.0 Å². The average Bonchev–Trinajstić information content (AvgIpc) is 3.31. The monoisotopic (exact) mass is 413 g/mol. The number of thiophene rings is 1. The second-order valence-electron chi connectivity index (χ2n) is 8.20. The van der Waals surface area contributed by atoms with Gasteiger partial charge in [-0.1, -0.05) is 25.6 Å². The largest absolute Gasteiger partial charge is 0.353 e. The maximum atomic E-state index is 5.18. The SMILES string of the molecule is CSc1nc(N2CCNCC2)c2sc3nc(CC(C)C)c4c(c3c2n1)CCC4. The summed E-state index contributed by atoms with van der Waals surface area (Å²) < 4.78 is 1.22. The summed E-state index contributed by atoms with van der Waals surface area (Å²) in [6.07, 6.45) is 6.71. The first-order valence-corrected chi connectivity index (χ1v) is 12.3. The van der Waals surface area contributed by atoms with Crippen molar-refractivity contribution in [1.29, 1.82) is 0 Å². The van der Waals surface area contributed by atoms with Gasteiger partial charge in [0.2, 0.25) is 0 Å². The van der Waals surface area contributed by atoms with E-state index in [-0.39, 0.29) is 0 Å². The second kappa shape index (κ2) is 7.43. The van der Waals surface area contributed by atoms with Crippen LogP contribution in [0.25, 0.3) is 20.4 Å². The number of rotatable bonds is 4. The number of thioether (sulfide) groups is 1. The molecule has 0 atom stereocenters. The normalized spacial score (nSPS) is 17.2. The fourth-order valence-corrected chi connectivity index (χ4v) is 6.09. The van der Waals surface area contributed by atoms with Crippen molar-refractivity contribution in [2.24, 2.45) is 5.92 Å². The quantitative estimate of drug-likeness (QED) is 0.514. The van der Waals surface area contributed by atoms with Gasteiger partial charge in [-0.05, 0) is 49.0 Å². The number of aromatic nitrogens is 3. The van der Waals surface area contributed by atoms with Crippen LogP contribution in [-0.2, 0) is 19.3 Å². The topological polar surface area (TPSA) is 53.9 Å². The Kier molecular flexibility index (Phi) is 4.93. The molecule has 148 valence electrons. The summed E-state index contributed by atoms with van der Waals surface area (Å²) in [4.78, 5) is 18.7. The van der Waals surface area contributed by atoms with Gasteiger partial charge in [0.25, 0.3) is 0 Å². The van der Waals surface area contributed by atoms with E-state index in [0.29, 0.717) is 5.92 Å². The van der Waals surface area contributed by atoms with Crippen LogP contribution >= 0.6 is 23.1 Å². The Hall–Kier alpha value is -1.44. The third-order valence-electron chi connectivity index (χ3n) is 5.78. The maximum Gasteiger partial charge on any atom is 0.189 e. The molecule has 0 radical (unpaired) electrons. The van der Waals surface area contributed by atoms with Gasteiger partial charge in [-0.3, -0.25) is 0 Å². The Morgan fingerprint density at radius 2 is 1.89 bits per heavy atom. The molecule has 5 nitrogen and oxygen atoms in total. The number of piperazine rings is 1. The Balaban J connectivity index is 1.78. The summed E-state index contributed by atoms with van der Waals surface area (Å²) in [5.74, 6) is 1.74. The lowest BCUT2D eigenvalue weighted by atomic mass is 9.99. The van der Waals surface area contributed by atoms with Crippen molar-refractivity contribution in [1.82, 2.24) is 20.3 Å². The molecule has 3 aromatic heterocycles. The summed E-state index contributed by atoms with van der Waals surface area (Å²) in [5, 5.41) is 5.64. The number of nitrogens with zero attached hydrogens (tertiary/aromatic N) is 4. The van der Waals surface area contributed by atoms with Crippen LogP contribution in [0.5, 0.6) is 0 Å². The Morgan fingerprint density at radius 3 is 2.64 bits per heavy atom. The predicted molar refractivity (Wildman–Crippen MR) is 120 cm³/mol. The van der Waals surface area contributed by atoms with Crippen LogP contribution in [0.2, 0.25) is 0 Å². The predicted octanol–water partition coefficient (Wildman–Crippen LogP) is 4.06. The molecule has 3 aromatic rings. The summed E-state index contributed by atoms with van der Waals surface area (Å²) in [6.45, 7) is 8.60. The minimum absolute atomic E-state index is 0.628. The number of nitrogens with one attached hydrogen (secondary N) is 1. The minimum Gasteiger partial charge on any atom is -0.353 e. The summed E-state index contributed by atoms with van der Waals surface area (Å²) in [6, 6.07) is 0. The standard InChI is InChI=1S/C21H27N5S2/c1-12(2)11-15-13-5-4-6-14(13)16-17-18(28-20(16)23-15)19(25-21(24-17)27-3)26-9-7-22-8-10-26/h12,22H,4-11H2,1-3H3. The first-order chi connectivity index (χ1) is 13.7.